The van der Waals surface area contributed by atoms with Crippen molar-refractivity contribution < 1.29 is 9.47 Å². The second kappa shape index (κ2) is 10.3. The highest BCUT2D eigenvalue weighted by molar-refractivity contribution is 6.29. The molecule has 6 rings (SSSR count). The van der Waals surface area contributed by atoms with Gasteiger partial charge in [-0.25, -0.2) is 0 Å². The molecule has 0 N–H and O–H groups in total. The van der Waals surface area contributed by atoms with E-state index < -0.39 is 0 Å². The van der Waals surface area contributed by atoms with Crippen LogP contribution in [0.15, 0.2) is 97.1 Å². The Hall–Kier alpha value is -5.58. The van der Waals surface area contributed by atoms with Gasteiger partial charge in [0, 0.05) is 21.5 Å². The molecular weight excluding hydrogens is 492 g/mol. The number of nitriles is 2. The van der Waals surface area contributed by atoms with Crippen molar-refractivity contribution >= 4 is 55.6 Å². The van der Waals surface area contributed by atoms with Gasteiger partial charge in [-0.05, 0) is 57.3 Å². The molecule has 0 saturated heterocycles. The average Bonchev–Trinajstić information content (AvgIpc) is 3.02. The van der Waals surface area contributed by atoms with Crippen molar-refractivity contribution in [3.05, 3.63) is 119 Å². The minimum atomic E-state index is 0.588. The number of allylic oxidation sites excluding steroid dienone is 2. The summed E-state index contributed by atoms with van der Waals surface area (Å²) >= 11 is 0. The predicted molar refractivity (Wildman–Crippen MR) is 163 cm³/mol. The third kappa shape index (κ3) is 4.00. The van der Waals surface area contributed by atoms with Gasteiger partial charge < -0.3 is 9.47 Å². The van der Waals surface area contributed by atoms with Crippen LogP contribution < -0.4 is 9.47 Å². The van der Waals surface area contributed by atoms with Crippen LogP contribution >= 0.6 is 0 Å². The number of hydrogen-bond acceptors (Lipinski definition) is 4. The van der Waals surface area contributed by atoms with Crippen LogP contribution in [-0.2, 0) is 0 Å². The zero-order chi connectivity index (χ0) is 27.6. The van der Waals surface area contributed by atoms with Crippen LogP contribution in [0.1, 0.15) is 22.3 Å². The molecule has 0 bridgehead atoms. The van der Waals surface area contributed by atoms with E-state index in [1.165, 1.54) is 0 Å². The van der Waals surface area contributed by atoms with Gasteiger partial charge in [-0.15, -0.1) is 0 Å². The number of ether oxygens (including phenoxy) is 2. The van der Waals surface area contributed by atoms with Gasteiger partial charge in [-0.2, -0.15) is 10.5 Å². The van der Waals surface area contributed by atoms with Gasteiger partial charge in [0.15, 0.2) is 11.5 Å². The molecule has 190 valence electrons. The van der Waals surface area contributed by atoms with Gasteiger partial charge in [0.25, 0.3) is 0 Å². The largest absolute Gasteiger partial charge is 0.492 e. The second-order valence-corrected chi connectivity index (χ2v) is 9.45. The van der Waals surface area contributed by atoms with E-state index in [2.05, 4.69) is 24.3 Å². The van der Waals surface area contributed by atoms with E-state index in [0.717, 1.165) is 54.6 Å². The lowest BCUT2D eigenvalue weighted by Gasteiger charge is -2.20. The first-order chi connectivity index (χ1) is 19.7. The maximum absolute atomic E-state index is 9.98. The highest BCUT2D eigenvalue weighted by Gasteiger charge is 2.21. The molecule has 0 radical (unpaired) electrons. The quantitative estimate of drug-likeness (QED) is 0.126. The third-order valence-corrected chi connectivity index (χ3v) is 7.34. The van der Waals surface area contributed by atoms with Crippen molar-refractivity contribution in [1.29, 1.82) is 10.5 Å². The van der Waals surface area contributed by atoms with Gasteiger partial charge in [-0.1, -0.05) is 84.9 Å². The maximum atomic E-state index is 9.98. The van der Waals surface area contributed by atoms with Crippen molar-refractivity contribution in [1.82, 2.24) is 0 Å². The van der Waals surface area contributed by atoms with E-state index in [1.54, 1.807) is 14.2 Å². The molecular formula is C36H24N2O2. The Labute approximate surface area is 232 Å². The summed E-state index contributed by atoms with van der Waals surface area (Å²) in [5, 5.41) is 25.9. The minimum absolute atomic E-state index is 0.588. The van der Waals surface area contributed by atoms with Crippen molar-refractivity contribution in [2.45, 2.75) is 0 Å². The molecule has 0 aliphatic carbocycles. The highest BCUT2D eigenvalue weighted by atomic mass is 16.5. The van der Waals surface area contributed by atoms with E-state index in [-0.39, 0.29) is 0 Å². The summed E-state index contributed by atoms with van der Waals surface area (Å²) in [6, 6.07) is 36.4. The Morgan fingerprint density at radius 2 is 0.900 bits per heavy atom. The van der Waals surface area contributed by atoms with Crippen LogP contribution in [0.5, 0.6) is 11.5 Å². The molecule has 40 heavy (non-hydrogen) atoms. The average molecular weight is 517 g/mol. The molecule has 0 fully saturated rings. The molecule has 0 spiro atoms. The van der Waals surface area contributed by atoms with Crippen LogP contribution in [0.2, 0.25) is 0 Å². The Morgan fingerprint density at radius 3 is 1.25 bits per heavy atom. The van der Waals surface area contributed by atoms with E-state index in [0.29, 0.717) is 22.6 Å². The van der Waals surface area contributed by atoms with Gasteiger partial charge in [0.2, 0.25) is 0 Å². The van der Waals surface area contributed by atoms with Gasteiger partial charge >= 0.3 is 0 Å². The van der Waals surface area contributed by atoms with E-state index in [1.807, 2.05) is 97.1 Å². The first-order valence-corrected chi connectivity index (χ1v) is 12.9. The summed E-state index contributed by atoms with van der Waals surface area (Å²) in [6.07, 6.45) is 3.88. The predicted octanol–water partition coefficient (Wildman–Crippen LogP) is 8.73. The van der Waals surface area contributed by atoms with Crippen LogP contribution in [0.4, 0.5) is 0 Å². The molecule has 4 nitrogen and oxygen atoms in total. The Balaban J connectivity index is 1.69. The zero-order valence-corrected chi connectivity index (χ0v) is 22.1. The Morgan fingerprint density at radius 1 is 0.525 bits per heavy atom. The zero-order valence-electron chi connectivity index (χ0n) is 22.1. The summed E-state index contributed by atoms with van der Waals surface area (Å²) < 4.78 is 11.8. The van der Waals surface area contributed by atoms with Crippen LogP contribution in [-0.4, -0.2) is 14.2 Å². The maximum Gasteiger partial charge on any atom is 0.169 e. The molecule has 0 atom stereocenters. The molecule has 6 aromatic carbocycles. The Kier molecular flexibility index (Phi) is 6.37. The lowest BCUT2D eigenvalue weighted by atomic mass is 9.87. The van der Waals surface area contributed by atoms with Crippen LogP contribution in [0.25, 0.3) is 55.6 Å². The van der Waals surface area contributed by atoms with Crippen LogP contribution in [0, 0.1) is 22.7 Å². The highest BCUT2D eigenvalue weighted by Crippen LogP contribution is 2.49. The van der Waals surface area contributed by atoms with Gasteiger partial charge in [-0.3, -0.25) is 0 Å². The molecule has 0 heterocycles. The fourth-order valence-corrected chi connectivity index (χ4v) is 5.52. The first kappa shape index (κ1) is 24.7. The molecule has 0 unspecified atom stereocenters. The van der Waals surface area contributed by atoms with Gasteiger partial charge in [0.05, 0.1) is 37.5 Å². The van der Waals surface area contributed by atoms with Crippen LogP contribution in [0.3, 0.4) is 0 Å². The standard InChI is InChI=1S/C36H24N2O2/c1-39-35-31-15-13-25(19-27(21-37)23-9-5-3-6-10-23)29-17-18-30-26(20-28(22-38)24-11-7-4-8-12-24)14-16-32(36(35)40-2)34(30)33(29)31/h3-20H,1-2H3/b27-19-,28-20+. The van der Waals surface area contributed by atoms with E-state index >= 15 is 0 Å². The van der Waals surface area contributed by atoms with Crippen molar-refractivity contribution in [3.63, 3.8) is 0 Å². The monoisotopic (exact) mass is 516 g/mol. The molecule has 0 aliphatic rings. The number of benzene rings is 6. The summed E-state index contributed by atoms with van der Waals surface area (Å²) in [5.41, 5.74) is 4.79. The molecule has 6 aromatic rings. The number of nitrogens with zero attached hydrogens (tertiary/aromatic N) is 2. The molecule has 0 amide bonds. The molecule has 4 heteroatoms. The summed E-state index contributed by atoms with van der Waals surface area (Å²) in [5.74, 6) is 1.33. The van der Waals surface area contributed by atoms with E-state index in [9.17, 15) is 10.5 Å². The molecule has 0 aliphatic heterocycles. The van der Waals surface area contributed by atoms with Crippen molar-refractivity contribution in [3.8, 4) is 23.6 Å². The topological polar surface area (TPSA) is 66.0 Å². The smallest absolute Gasteiger partial charge is 0.169 e. The summed E-state index contributed by atoms with van der Waals surface area (Å²) in [4.78, 5) is 0. The summed E-state index contributed by atoms with van der Waals surface area (Å²) in [6.45, 7) is 0. The fourth-order valence-electron chi connectivity index (χ4n) is 5.52. The lowest BCUT2D eigenvalue weighted by Crippen LogP contribution is -1.97. The van der Waals surface area contributed by atoms with Crippen molar-refractivity contribution in [2.75, 3.05) is 14.2 Å². The number of methoxy groups -OCH3 is 2. The van der Waals surface area contributed by atoms with Crippen molar-refractivity contribution in [2.24, 2.45) is 0 Å². The summed E-state index contributed by atoms with van der Waals surface area (Å²) in [7, 11) is 3.30. The second-order valence-electron chi connectivity index (χ2n) is 9.45. The number of hydrogen-bond donors (Lipinski definition) is 0. The van der Waals surface area contributed by atoms with E-state index in [4.69, 9.17) is 9.47 Å². The normalized spacial score (nSPS) is 12.0. The molecule has 0 aromatic heterocycles. The first-order valence-electron chi connectivity index (χ1n) is 12.9. The third-order valence-electron chi connectivity index (χ3n) is 7.34. The minimum Gasteiger partial charge on any atom is -0.492 e. The molecule has 0 saturated carbocycles. The number of rotatable bonds is 6. The van der Waals surface area contributed by atoms with Gasteiger partial charge in [0.1, 0.15) is 0 Å². The SMILES string of the molecule is COc1c(OC)c2ccc(/C=C(/C#N)c3ccccc3)c3ccc4c(/C=C(\C#N)c5ccccc5)ccc1c4c32. The Bertz CT molecular complexity index is 1880. The lowest BCUT2D eigenvalue weighted by molar-refractivity contribution is 0.362. The fraction of sp³-hybridized carbons (Fsp3) is 0.0556.